The van der Waals surface area contributed by atoms with Crippen LogP contribution in [0.4, 0.5) is 5.69 Å². The highest BCUT2D eigenvalue weighted by molar-refractivity contribution is 6.07. The van der Waals surface area contributed by atoms with Gasteiger partial charge in [-0.1, -0.05) is 6.42 Å². The summed E-state index contributed by atoms with van der Waals surface area (Å²) in [6.07, 6.45) is 8.27. The smallest absolute Gasteiger partial charge is 0.337 e. The first-order chi connectivity index (χ1) is 13.5. The highest BCUT2D eigenvalue weighted by Gasteiger charge is 2.43. The molecule has 28 heavy (non-hydrogen) atoms. The molecule has 0 radical (unpaired) electrons. The topological polar surface area (TPSA) is 124 Å². The van der Waals surface area contributed by atoms with Crippen molar-refractivity contribution in [3.63, 3.8) is 0 Å². The summed E-state index contributed by atoms with van der Waals surface area (Å²) in [6.45, 7) is 0. The third-order valence-corrected chi connectivity index (χ3v) is 5.24. The van der Waals surface area contributed by atoms with Crippen molar-refractivity contribution in [3.8, 4) is 5.69 Å². The molecule has 9 nitrogen and oxygen atoms in total. The summed E-state index contributed by atoms with van der Waals surface area (Å²) in [5, 5.41) is 4.34. The Hall–Kier alpha value is -3.36. The summed E-state index contributed by atoms with van der Waals surface area (Å²) in [5.41, 5.74) is 13.6. The third kappa shape index (κ3) is 2.98. The SMILES string of the molecule is COC(=O)c1ccc(-n2cccn2)c(N2C(N)=NC(N)=NC23CCCCC3)c1. The highest BCUT2D eigenvalue weighted by Crippen LogP contribution is 2.41. The lowest BCUT2D eigenvalue weighted by molar-refractivity contribution is 0.0600. The molecular formula is C19H23N7O2. The van der Waals surface area contributed by atoms with E-state index in [4.69, 9.17) is 21.2 Å². The number of carbonyl (C=O) groups excluding carboxylic acids is 1. The zero-order valence-corrected chi connectivity index (χ0v) is 15.7. The maximum absolute atomic E-state index is 12.2. The van der Waals surface area contributed by atoms with Gasteiger partial charge in [-0.05, 0) is 49.9 Å². The fraction of sp³-hybridized carbons (Fsp3) is 0.368. The summed E-state index contributed by atoms with van der Waals surface area (Å²) in [7, 11) is 1.35. The van der Waals surface area contributed by atoms with Crippen LogP contribution in [0.2, 0.25) is 0 Å². The van der Waals surface area contributed by atoms with E-state index in [0.717, 1.165) is 37.8 Å². The van der Waals surface area contributed by atoms with E-state index in [1.807, 2.05) is 23.2 Å². The zero-order chi connectivity index (χ0) is 19.7. The van der Waals surface area contributed by atoms with Crippen LogP contribution in [0.3, 0.4) is 0 Å². The van der Waals surface area contributed by atoms with Gasteiger partial charge in [-0.25, -0.2) is 14.5 Å². The molecule has 146 valence electrons. The number of aromatic nitrogens is 2. The second-order valence-electron chi connectivity index (χ2n) is 6.96. The fourth-order valence-electron chi connectivity index (χ4n) is 4.02. The first kappa shape index (κ1) is 18.0. The van der Waals surface area contributed by atoms with E-state index in [2.05, 4.69) is 10.1 Å². The maximum Gasteiger partial charge on any atom is 0.337 e. The van der Waals surface area contributed by atoms with Crippen molar-refractivity contribution in [1.82, 2.24) is 9.78 Å². The number of ether oxygens (including phenoxy) is 1. The minimum Gasteiger partial charge on any atom is -0.465 e. The van der Waals surface area contributed by atoms with Crippen molar-refractivity contribution in [2.75, 3.05) is 12.0 Å². The van der Waals surface area contributed by atoms with Crippen LogP contribution in [0.15, 0.2) is 46.6 Å². The summed E-state index contributed by atoms with van der Waals surface area (Å²) >= 11 is 0. The maximum atomic E-state index is 12.2. The number of anilines is 1. The molecule has 2 heterocycles. The predicted octanol–water partition coefficient (Wildman–Crippen LogP) is 1.77. The van der Waals surface area contributed by atoms with Gasteiger partial charge in [-0.3, -0.25) is 4.90 Å². The molecule has 0 saturated heterocycles. The molecular weight excluding hydrogens is 358 g/mol. The van der Waals surface area contributed by atoms with Crippen LogP contribution >= 0.6 is 0 Å². The normalized spacial score (nSPS) is 18.5. The Morgan fingerprint density at radius 1 is 1.18 bits per heavy atom. The van der Waals surface area contributed by atoms with Gasteiger partial charge >= 0.3 is 5.97 Å². The summed E-state index contributed by atoms with van der Waals surface area (Å²) in [5.74, 6) is 0.00623. The minimum atomic E-state index is -0.620. The molecule has 4 rings (SSSR count). The van der Waals surface area contributed by atoms with Crippen LogP contribution in [-0.4, -0.2) is 40.4 Å². The van der Waals surface area contributed by atoms with Crippen molar-refractivity contribution < 1.29 is 9.53 Å². The van der Waals surface area contributed by atoms with Crippen molar-refractivity contribution in [1.29, 1.82) is 0 Å². The first-order valence-corrected chi connectivity index (χ1v) is 9.26. The van der Waals surface area contributed by atoms with Gasteiger partial charge in [0.15, 0.2) is 0 Å². The minimum absolute atomic E-state index is 0.181. The molecule has 1 spiro atoms. The molecule has 4 N–H and O–H groups in total. The largest absolute Gasteiger partial charge is 0.465 e. The van der Waals surface area contributed by atoms with Crippen LogP contribution < -0.4 is 16.4 Å². The van der Waals surface area contributed by atoms with Crippen LogP contribution in [0, 0.1) is 0 Å². The van der Waals surface area contributed by atoms with Gasteiger partial charge in [-0.2, -0.15) is 10.1 Å². The number of aliphatic imine (C=N–C) groups is 2. The molecule has 1 aliphatic carbocycles. The lowest BCUT2D eigenvalue weighted by Gasteiger charge is -2.46. The van der Waals surface area contributed by atoms with Gasteiger partial charge in [0, 0.05) is 12.4 Å². The van der Waals surface area contributed by atoms with Crippen LogP contribution in [0.1, 0.15) is 42.5 Å². The molecule has 0 atom stereocenters. The number of nitrogens with two attached hydrogens (primary N) is 2. The van der Waals surface area contributed by atoms with E-state index >= 15 is 0 Å². The quantitative estimate of drug-likeness (QED) is 0.781. The van der Waals surface area contributed by atoms with E-state index in [-0.39, 0.29) is 11.9 Å². The number of hydrogen-bond acceptors (Lipinski definition) is 8. The summed E-state index contributed by atoms with van der Waals surface area (Å²) in [4.78, 5) is 23.0. The Morgan fingerprint density at radius 2 is 1.96 bits per heavy atom. The second-order valence-corrected chi connectivity index (χ2v) is 6.96. The molecule has 2 aromatic rings. The summed E-state index contributed by atoms with van der Waals surface area (Å²) < 4.78 is 6.63. The zero-order valence-electron chi connectivity index (χ0n) is 15.7. The molecule has 0 unspecified atom stereocenters. The Kier molecular flexibility index (Phi) is 4.50. The van der Waals surface area contributed by atoms with E-state index in [0.29, 0.717) is 11.3 Å². The summed E-state index contributed by atoms with van der Waals surface area (Å²) in [6, 6.07) is 7.10. The van der Waals surface area contributed by atoms with E-state index in [9.17, 15) is 4.79 Å². The van der Waals surface area contributed by atoms with Gasteiger partial charge in [0.1, 0.15) is 5.66 Å². The molecule has 1 aromatic carbocycles. The van der Waals surface area contributed by atoms with Gasteiger partial charge in [0.2, 0.25) is 11.9 Å². The van der Waals surface area contributed by atoms with Gasteiger partial charge in [-0.15, -0.1) is 0 Å². The number of methoxy groups -OCH3 is 1. The monoisotopic (exact) mass is 381 g/mol. The standard InChI is InChI=1S/C19H23N7O2/c1-28-16(27)13-6-7-14(25-11-5-10-22-25)15(12-13)26-18(21)23-17(20)24-19(26)8-3-2-4-9-19/h5-7,10-12H,2-4,8-9H2,1H3,(H4,20,21,23,24). The lowest BCUT2D eigenvalue weighted by Crippen LogP contribution is -2.58. The highest BCUT2D eigenvalue weighted by atomic mass is 16.5. The van der Waals surface area contributed by atoms with Crippen molar-refractivity contribution in [2.45, 2.75) is 37.8 Å². The number of esters is 1. The van der Waals surface area contributed by atoms with Crippen molar-refractivity contribution in [3.05, 3.63) is 42.2 Å². The Labute approximate surface area is 162 Å². The van der Waals surface area contributed by atoms with Crippen LogP contribution in [0.25, 0.3) is 5.69 Å². The van der Waals surface area contributed by atoms with Crippen LogP contribution in [0.5, 0.6) is 0 Å². The van der Waals surface area contributed by atoms with Gasteiger partial charge < -0.3 is 16.2 Å². The number of rotatable bonds is 3. The molecule has 9 heteroatoms. The van der Waals surface area contributed by atoms with Gasteiger partial charge in [0.25, 0.3) is 0 Å². The first-order valence-electron chi connectivity index (χ1n) is 9.26. The average Bonchev–Trinajstić information content (AvgIpc) is 3.22. The molecule has 2 aliphatic rings. The molecule has 1 fully saturated rings. The number of guanidine groups is 2. The number of nitrogens with zero attached hydrogens (tertiary/aromatic N) is 5. The van der Waals surface area contributed by atoms with Crippen molar-refractivity contribution in [2.24, 2.45) is 21.5 Å². The lowest BCUT2D eigenvalue weighted by atomic mass is 9.87. The molecule has 1 saturated carbocycles. The van der Waals surface area contributed by atoms with E-state index in [1.165, 1.54) is 7.11 Å². The molecule has 1 aliphatic heterocycles. The van der Waals surface area contributed by atoms with E-state index in [1.54, 1.807) is 23.0 Å². The van der Waals surface area contributed by atoms with Gasteiger partial charge in [0.05, 0.1) is 24.0 Å². The average molecular weight is 381 g/mol. The van der Waals surface area contributed by atoms with Crippen molar-refractivity contribution >= 4 is 23.6 Å². The number of benzene rings is 1. The Bertz CT molecular complexity index is 943. The molecule has 0 bridgehead atoms. The van der Waals surface area contributed by atoms with E-state index < -0.39 is 11.6 Å². The second kappa shape index (κ2) is 6.99. The molecule has 1 aromatic heterocycles. The molecule has 0 amide bonds. The fourth-order valence-corrected chi connectivity index (χ4v) is 4.02. The Morgan fingerprint density at radius 3 is 2.64 bits per heavy atom. The van der Waals surface area contributed by atoms with Crippen LogP contribution in [-0.2, 0) is 4.74 Å². The third-order valence-electron chi connectivity index (χ3n) is 5.24. The number of carbonyl (C=O) groups is 1. The Balaban J connectivity index is 1.92. The predicted molar refractivity (Wildman–Crippen MR) is 106 cm³/mol. The number of hydrogen-bond donors (Lipinski definition) is 2.